The molecule has 92 valence electrons. The monoisotopic (exact) mass is 244 g/mol. The van der Waals surface area contributed by atoms with Crippen molar-refractivity contribution in [2.75, 3.05) is 6.61 Å². The molecule has 5 nitrogen and oxygen atoms in total. The summed E-state index contributed by atoms with van der Waals surface area (Å²) in [6.45, 7) is 2.08. The molecule has 2 rings (SSSR count). The van der Waals surface area contributed by atoms with E-state index in [0.29, 0.717) is 12.5 Å². The zero-order valence-electron chi connectivity index (χ0n) is 9.87. The van der Waals surface area contributed by atoms with E-state index in [1.165, 1.54) is 12.2 Å². The number of aromatic nitrogens is 2. The predicted octanol–water partition coefficient (Wildman–Crippen LogP) is 2.31. The molecule has 0 atom stereocenters. The van der Waals surface area contributed by atoms with E-state index in [9.17, 15) is 4.79 Å². The lowest BCUT2D eigenvalue weighted by molar-refractivity contribution is -0.137. The molecule has 1 aromatic heterocycles. The van der Waals surface area contributed by atoms with E-state index in [1.54, 1.807) is 6.92 Å². The van der Waals surface area contributed by atoms with Crippen molar-refractivity contribution in [2.45, 2.75) is 6.92 Å². The lowest BCUT2D eigenvalue weighted by Crippen LogP contribution is -1.98. The van der Waals surface area contributed by atoms with Gasteiger partial charge in [0.1, 0.15) is 0 Å². The van der Waals surface area contributed by atoms with Gasteiger partial charge in [0, 0.05) is 17.7 Å². The van der Waals surface area contributed by atoms with Crippen molar-refractivity contribution in [3.63, 3.8) is 0 Å². The Morgan fingerprint density at radius 2 is 2.11 bits per heavy atom. The molecule has 0 aliphatic heterocycles. The molecule has 18 heavy (non-hydrogen) atoms. The summed E-state index contributed by atoms with van der Waals surface area (Å²) in [6, 6.07) is 9.40. The van der Waals surface area contributed by atoms with Gasteiger partial charge < -0.3 is 9.15 Å². The zero-order chi connectivity index (χ0) is 12.8. The maximum Gasteiger partial charge on any atom is 0.330 e. The van der Waals surface area contributed by atoms with Crippen LogP contribution in [0.25, 0.3) is 17.5 Å². The number of hydrogen-bond donors (Lipinski definition) is 0. The van der Waals surface area contributed by atoms with Gasteiger partial charge in [-0.1, -0.05) is 18.2 Å². The quantitative estimate of drug-likeness (QED) is 0.610. The Hall–Kier alpha value is -2.43. The normalized spacial score (nSPS) is 10.7. The van der Waals surface area contributed by atoms with Crippen LogP contribution < -0.4 is 0 Å². The van der Waals surface area contributed by atoms with Crippen molar-refractivity contribution >= 4 is 12.0 Å². The molecule has 5 heteroatoms. The average Bonchev–Trinajstić information content (AvgIpc) is 2.87. The lowest BCUT2D eigenvalue weighted by Gasteiger charge is -1.93. The van der Waals surface area contributed by atoms with E-state index in [2.05, 4.69) is 10.2 Å². The Bertz CT molecular complexity index is 546. The molecule has 1 aromatic carbocycles. The van der Waals surface area contributed by atoms with E-state index in [4.69, 9.17) is 9.15 Å². The van der Waals surface area contributed by atoms with Gasteiger partial charge in [0.25, 0.3) is 0 Å². The van der Waals surface area contributed by atoms with Crippen LogP contribution in [0.5, 0.6) is 0 Å². The summed E-state index contributed by atoms with van der Waals surface area (Å²) in [5, 5.41) is 7.70. The largest absolute Gasteiger partial charge is 0.463 e. The van der Waals surface area contributed by atoms with Crippen molar-refractivity contribution in [3.8, 4) is 11.5 Å². The fraction of sp³-hybridized carbons (Fsp3) is 0.154. The number of hydrogen-bond acceptors (Lipinski definition) is 5. The molecular weight excluding hydrogens is 232 g/mol. The van der Waals surface area contributed by atoms with Crippen molar-refractivity contribution in [2.24, 2.45) is 0 Å². The van der Waals surface area contributed by atoms with Gasteiger partial charge in [-0.05, 0) is 19.1 Å². The molecule has 0 saturated carbocycles. The molecule has 2 aromatic rings. The molecule has 0 spiro atoms. The molecule has 1 heterocycles. The van der Waals surface area contributed by atoms with Crippen LogP contribution in [0.15, 0.2) is 40.8 Å². The molecule has 0 N–H and O–H groups in total. The number of benzene rings is 1. The standard InChI is InChI=1S/C13H12N2O3/c1-2-17-12(16)9-8-11-14-15-13(18-11)10-6-4-3-5-7-10/h3-9H,2H2,1H3/b9-8+. The second kappa shape index (κ2) is 5.77. The van der Waals surface area contributed by atoms with Gasteiger partial charge in [0.2, 0.25) is 11.8 Å². The molecule has 0 fully saturated rings. The lowest BCUT2D eigenvalue weighted by atomic mass is 10.2. The van der Waals surface area contributed by atoms with Crippen LogP contribution in [-0.2, 0) is 9.53 Å². The van der Waals surface area contributed by atoms with Gasteiger partial charge >= 0.3 is 5.97 Å². The number of esters is 1. The predicted molar refractivity (Wildman–Crippen MR) is 65.4 cm³/mol. The highest BCUT2D eigenvalue weighted by molar-refractivity contribution is 5.86. The van der Waals surface area contributed by atoms with E-state index < -0.39 is 5.97 Å². The van der Waals surface area contributed by atoms with Crippen LogP contribution in [0.1, 0.15) is 12.8 Å². The van der Waals surface area contributed by atoms with E-state index >= 15 is 0 Å². The van der Waals surface area contributed by atoms with Crippen LogP contribution in [0, 0.1) is 0 Å². The number of nitrogens with zero attached hydrogens (tertiary/aromatic N) is 2. The van der Waals surface area contributed by atoms with Gasteiger partial charge in [-0.15, -0.1) is 10.2 Å². The SMILES string of the molecule is CCOC(=O)/C=C/c1nnc(-c2ccccc2)o1. The van der Waals surface area contributed by atoms with Crippen LogP contribution >= 0.6 is 0 Å². The van der Waals surface area contributed by atoms with Crippen molar-refractivity contribution in [3.05, 3.63) is 42.3 Å². The van der Waals surface area contributed by atoms with Gasteiger partial charge in [-0.2, -0.15) is 0 Å². The first-order valence-corrected chi connectivity index (χ1v) is 5.53. The van der Waals surface area contributed by atoms with E-state index in [0.717, 1.165) is 5.56 Å². The minimum Gasteiger partial charge on any atom is -0.463 e. The summed E-state index contributed by atoms with van der Waals surface area (Å²) in [5.74, 6) is 0.248. The molecule has 0 radical (unpaired) electrons. The third-order valence-corrected chi connectivity index (χ3v) is 2.11. The average molecular weight is 244 g/mol. The van der Waals surface area contributed by atoms with Gasteiger partial charge in [-0.3, -0.25) is 0 Å². The fourth-order valence-corrected chi connectivity index (χ4v) is 1.33. The van der Waals surface area contributed by atoms with Crippen LogP contribution in [0.3, 0.4) is 0 Å². The van der Waals surface area contributed by atoms with Crippen LogP contribution in [0.2, 0.25) is 0 Å². The topological polar surface area (TPSA) is 65.2 Å². The Kier molecular flexibility index (Phi) is 3.86. The molecule has 0 amide bonds. The third-order valence-electron chi connectivity index (χ3n) is 2.11. The summed E-state index contributed by atoms with van der Waals surface area (Å²) in [7, 11) is 0. The Balaban J connectivity index is 2.09. The van der Waals surface area contributed by atoms with Crippen molar-refractivity contribution in [1.29, 1.82) is 0 Å². The van der Waals surface area contributed by atoms with Gasteiger partial charge in [-0.25, -0.2) is 4.79 Å². The van der Waals surface area contributed by atoms with Crippen LogP contribution in [-0.4, -0.2) is 22.8 Å². The molecule has 0 saturated heterocycles. The maximum absolute atomic E-state index is 11.1. The summed E-state index contributed by atoms with van der Waals surface area (Å²) >= 11 is 0. The van der Waals surface area contributed by atoms with Crippen LogP contribution in [0.4, 0.5) is 0 Å². The maximum atomic E-state index is 11.1. The van der Waals surface area contributed by atoms with Gasteiger partial charge in [0.05, 0.1) is 6.61 Å². The highest BCUT2D eigenvalue weighted by atomic mass is 16.5. The minimum absolute atomic E-state index is 0.266. The number of carbonyl (C=O) groups excluding carboxylic acids is 1. The van der Waals surface area contributed by atoms with Gasteiger partial charge in [0.15, 0.2) is 0 Å². The highest BCUT2D eigenvalue weighted by Gasteiger charge is 2.05. The van der Waals surface area contributed by atoms with E-state index in [-0.39, 0.29) is 5.89 Å². The first kappa shape index (κ1) is 12.0. The third kappa shape index (κ3) is 3.04. The number of rotatable bonds is 4. The number of ether oxygens (including phenoxy) is 1. The van der Waals surface area contributed by atoms with Crippen molar-refractivity contribution < 1.29 is 13.9 Å². The first-order valence-electron chi connectivity index (χ1n) is 5.53. The molecule has 0 aliphatic rings. The Labute approximate surface area is 104 Å². The van der Waals surface area contributed by atoms with E-state index in [1.807, 2.05) is 30.3 Å². The van der Waals surface area contributed by atoms with Crippen molar-refractivity contribution in [1.82, 2.24) is 10.2 Å². The second-order valence-electron chi connectivity index (χ2n) is 3.40. The molecule has 0 aliphatic carbocycles. The second-order valence-corrected chi connectivity index (χ2v) is 3.40. The first-order chi connectivity index (χ1) is 8.79. The highest BCUT2D eigenvalue weighted by Crippen LogP contribution is 2.17. The molecular formula is C13H12N2O3. The Morgan fingerprint density at radius 3 is 2.83 bits per heavy atom. The molecule has 0 unspecified atom stereocenters. The summed E-state index contributed by atoms with van der Waals surface area (Å²) in [5.41, 5.74) is 0.834. The summed E-state index contributed by atoms with van der Waals surface area (Å²) in [4.78, 5) is 11.1. The number of carbonyl (C=O) groups is 1. The summed E-state index contributed by atoms with van der Waals surface area (Å²) in [6.07, 6.45) is 2.68. The molecule has 0 bridgehead atoms. The minimum atomic E-state index is -0.433. The Morgan fingerprint density at radius 1 is 1.33 bits per heavy atom. The smallest absolute Gasteiger partial charge is 0.330 e. The fourth-order valence-electron chi connectivity index (χ4n) is 1.33. The zero-order valence-corrected chi connectivity index (χ0v) is 9.87. The summed E-state index contributed by atoms with van der Waals surface area (Å²) < 4.78 is 10.1.